The number of nitriles is 1. The largest absolute Gasteiger partial charge is 0.489 e. The fourth-order valence-electron chi connectivity index (χ4n) is 0.915. The van der Waals surface area contributed by atoms with E-state index in [9.17, 15) is 0 Å². The van der Waals surface area contributed by atoms with E-state index in [0.717, 1.165) is 0 Å². The smallest absolute Gasteiger partial charge is 0.137 e. The van der Waals surface area contributed by atoms with E-state index in [2.05, 4.69) is 0 Å². The summed E-state index contributed by atoms with van der Waals surface area (Å²) in [6, 6.07) is 8.85. The summed E-state index contributed by atoms with van der Waals surface area (Å²) in [5.41, 5.74) is 0.453. The van der Waals surface area contributed by atoms with Crippen LogP contribution < -0.4 is 4.74 Å². The predicted molar refractivity (Wildman–Crippen MR) is 53.4 cm³/mol. The SMILES string of the molecule is N#Cc1ccccc1OCC(O)CCl. The lowest BCUT2D eigenvalue weighted by molar-refractivity contribution is 0.125. The molecule has 0 saturated carbocycles. The number of hydrogen-bond donors (Lipinski definition) is 1. The molecule has 1 aromatic carbocycles. The molecule has 3 nitrogen and oxygen atoms in total. The molecule has 0 fully saturated rings. The molecule has 14 heavy (non-hydrogen) atoms. The molecule has 1 atom stereocenters. The van der Waals surface area contributed by atoms with Gasteiger partial charge in [0.05, 0.1) is 11.4 Å². The van der Waals surface area contributed by atoms with Crippen LogP contribution in [0.2, 0.25) is 0 Å². The van der Waals surface area contributed by atoms with Crippen molar-refractivity contribution in [2.75, 3.05) is 12.5 Å². The predicted octanol–water partition coefficient (Wildman–Crippen LogP) is 1.54. The number of halogens is 1. The van der Waals surface area contributed by atoms with Crippen molar-refractivity contribution in [3.63, 3.8) is 0 Å². The van der Waals surface area contributed by atoms with Crippen LogP contribution in [0.1, 0.15) is 5.56 Å². The number of benzene rings is 1. The minimum atomic E-state index is -0.705. The van der Waals surface area contributed by atoms with E-state index in [-0.39, 0.29) is 12.5 Å². The number of alkyl halides is 1. The molecule has 0 aromatic heterocycles. The number of hydrogen-bond acceptors (Lipinski definition) is 3. The Morgan fingerprint density at radius 2 is 2.21 bits per heavy atom. The first-order chi connectivity index (χ1) is 6.77. The van der Waals surface area contributed by atoms with Crippen molar-refractivity contribution in [3.8, 4) is 11.8 Å². The summed E-state index contributed by atoms with van der Waals surface area (Å²) in [6.07, 6.45) is -0.705. The maximum absolute atomic E-state index is 9.14. The molecule has 1 rings (SSSR count). The quantitative estimate of drug-likeness (QED) is 0.769. The lowest BCUT2D eigenvalue weighted by atomic mass is 10.2. The molecule has 1 N–H and O–H groups in total. The molecule has 0 spiro atoms. The zero-order valence-electron chi connectivity index (χ0n) is 7.48. The Morgan fingerprint density at radius 3 is 2.86 bits per heavy atom. The molecule has 1 aromatic rings. The van der Waals surface area contributed by atoms with Crippen LogP contribution in [0.4, 0.5) is 0 Å². The highest BCUT2D eigenvalue weighted by Gasteiger charge is 2.05. The van der Waals surface area contributed by atoms with E-state index < -0.39 is 6.10 Å². The number of ether oxygens (including phenoxy) is 1. The Labute approximate surface area is 87.5 Å². The average Bonchev–Trinajstić information content (AvgIpc) is 2.26. The Balaban J connectivity index is 2.63. The van der Waals surface area contributed by atoms with Gasteiger partial charge in [-0.2, -0.15) is 5.26 Å². The maximum atomic E-state index is 9.14. The summed E-state index contributed by atoms with van der Waals surface area (Å²) < 4.78 is 5.22. The van der Waals surface area contributed by atoms with Crippen molar-refractivity contribution in [1.82, 2.24) is 0 Å². The topological polar surface area (TPSA) is 53.2 Å². The van der Waals surface area contributed by atoms with Crippen molar-refractivity contribution < 1.29 is 9.84 Å². The average molecular weight is 212 g/mol. The Kier molecular flexibility index (Phi) is 4.24. The normalized spacial score (nSPS) is 11.8. The van der Waals surface area contributed by atoms with Gasteiger partial charge >= 0.3 is 0 Å². The van der Waals surface area contributed by atoms with Crippen LogP contribution in [0, 0.1) is 11.3 Å². The summed E-state index contributed by atoms with van der Waals surface area (Å²) >= 11 is 5.40. The molecule has 0 amide bonds. The van der Waals surface area contributed by atoms with Crippen molar-refractivity contribution in [2.45, 2.75) is 6.10 Å². The molecule has 0 saturated heterocycles. The highest BCUT2D eigenvalue weighted by molar-refractivity contribution is 6.18. The van der Waals surface area contributed by atoms with Crippen LogP contribution >= 0.6 is 11.6 Å². The van der Waals surface area contributed by atoms with E-state index >= 15 is 0 Å². The molecular weight excluding hydrogens is 202 g/mol. The van der Waals surface area contributed by atoms with Crippen molar-refractivity contribution in [1.29, 1.82) is 5.26 Å². The lowest BCUT2D eigenvalue weighted by Gasteiger charge is -2.10. The molecule has 74 valence electrons. The number of rotatable bonds is 4. The molecule has 0 aliphatic rings. The fraction of sp³-hybridized carbons (Fsp3) is 0.300. The minimum Gasteiger partial charge on any atom is -0.489 e. The van der Waals surface area contributed by atoms with Crippen LogP contribution in [0.5, 0.6) is 5.75 Å². The molecule has 1 unspecified atom stereocenters. The van der Waals surface area contributed by atoms with Gasteiger partial charge in [0.25, 0.3) is 0 Å². The van der Waals surface area contributed by atoms with Gasteiger partial charge in [-0.3, -0.25) is 0 Å². The Morgan fingerprint density at radius 1 is 1.50 bits per heavy atom. The third-order valence-electron chi connectivity index (χ3n) is 1.62. The second kappa shape index (κ2) is 5.48. The highest BCUT2D eigenvalue weighted by atomic mass is 35.5. The molecule has 4 heteroatoms. The van der Waals surface area contributed by atoms with E-state index in [1.165, 1.54) is 0 Å². The third kappa shape index (κ3) is 2.91. The lowest BCUT2D eigenvalue weighted by Crippen LogP contribution is -2.19. The van der Waals surface area contributed by atoms with Crippen molar-refractivity contribution in [2.24, 2.45) is 0 Å². The van der Waals surface area contributed by atoms with E-state index in [0.29, 0.717) is 11.3 Å². The van der Waals surface area contributed by atoms with E-state index in [4.69, 9.17) is 26.7 Å². The third-order valence-corrected chi connectivity index (χ3v) is 1.97. The van der Waals surface area contributed by atoms with Gasteiger partial charge in [0.15, 0.2) is 0 Å². The second-order valence-electron chi connectivity index (χ2n) is 2.73. The number of aliphatic hydroxyl groups is 1. The van der Waals surface area contributed by atoms with Crippen LogP contribution in [0.3, 0.4) is 0 Å². The number of aliphatic hydroxyl groups excluding tert-OH is 1. The summed E-state index contributed by atoms with van der Waals surface area (Å²) in [5, 5.41) is 17.9. The standard InChI is InChI=1S/C10H10ClNO2/c11-5-9(13)7-14-10-4-2-1-3-8(10)6-12/h1-4,9,13H,5,7H2. The zero-order valence-corrected chi connectivity index (χ0v) is 8.24. The molecule has 0 aliphatic carbocycles. The Bertz CT molecular complexity index is 335. The summed E-state index contributed by atoms with van der Waals surface area (Å²) in [6.45, 7) is 0.0994. The van der Waals surface area contributed by atoms with Crippen LogP contribution in [0.25, 0.3) is 0 Å². The van der Waals surface area contributed by atoms with Gasteiger partial charge in [-0.05, 0) is 12.1 Å². The first kappa shape index (κ1) is 10.8. The second-order valence-corrected chi connectivity index (χ2v) is 3.04. The molecule has 0 radical (unpaired) electrons. The van der Waals surface area contributed by atoms with Gasteiger partial charge < -0.3 is 9.84 Å². The summed E-state index contributed by atoms with van der Waals surface area (Å²) in [7, 11) is 0. The van der Waals surface area contributed by atoms with Gasteiger partial charge in [-0.25, -0.2) is 0 Å². The van der Waals surface area contributed by atoms with Gasteiger partial charge in [-0.15, -0.1) is 11.6 Å². The monoisotopic (exact) mass is 211 g/mol. The van der Waals surface area contributed by atoms with E-state index in [1.807, 2.05) is 6.07 Å². The van der Waals surface area contributed by atoms with E-state index in [1.54, 1.807) is 24.3 Å². The van der Waals surface area contributed by atoms with Gasteiger partial charge in [-0.1, -0.05) is 12.1 Å². The van der Waals surface area contributed by atoms with Crippen LogP contribution in [-0.2, 0) is 0 Å². The molecule has 0 bridgehead atoms. The minimum absolute atomic E-state index is 0.0994. The first-order valence-corrected chi connectivity index (χ1v) is 4.67. The zero-order chi connectivity index (χ0) is 10.4. The van der Waals surface area contributed by atoms with Crippen LogP contribution in [-0.4, -0.2) is 23.7 Å². The van der Waals surface area contributed by atoms with Crippen molar-refractivity contribution >= 4 is 11.6 Å². The van der Waals surface area contributed by atoms with Gasteiger partial charge in [0, 0.05) is 0 Å². The number of para-hydroxylation sites is 1. The molecule has 0 heterocycles. The summed E-state index contributed by atoms with van der Waals surface area (Å²) in [4.78, 5) is 0. The fourth-order valence-corrected chi connectivity index (χ4v) is 1.00. The molecular formula is C10H10ClNO2. The number of nitrogens with zero attached hydrogens (tertiary/aromatic N) is 1. The summed E-state index contributed by atoms with van der Waals surface area (Å²) in [5.74, 6) is 0.591. The molecule has 0 aliphatic heterocycles. The van der Waals surface area contributed by atoms with Crippen molar-refractivity contribution in [3.05, 3.63) is 29.8 Å². The van der Waals surface area contributed by atoms with Gasteiger partial charge in [0.1, 0.15) is 24.5 Å². The first-order valence-electron chi connectivity index (χ1n) is 4.14. The van der Waals surface area contributed by atoms with Crippen LogP contribution in [0.15, 0.2) is 24.3 Å². The Hall–Kier alpha value is -1.24. The maximum Gasteiger partial charge on any atom is 0.137 e. The van der Waals surface area contributed by atoms with Gasteiger partial charge in [0.2, 0.25) is 0 Å². The highest BCUT2D eigenvalue weighted by Crippen LogP contribution is 2.16.